The van der Waals surface area contributed by atoms with Crippen molar-refractivity contribution < 1.29 is 9.26 Å². The third-order valence-electron chi connectivity index (χ3n) is 5.12. The summed E-state index contributed by atoms with van der Waals surface area (Å²) in [7, 11) is 0. The molecule has 5 heteroatoms. The Hall–Kier alpha value is -0.940. The highest BCUT2D eigenvalue weighted by molar-refractivity contribution is 5.06. The molecule has 0 radical (unpaired) electrons. The maximum atomic E-state index is 5.81. The van der Waals surface area contributed by atoms with Crippen molar-refractivity contribution in [2.24, 2.45) is 17.8 Å². The van der Waals surface area contributed by atoms with Gasteiger partial charge in [0.25, 0.3) is 0 Å². The second-order valence-electron chi connectivity index (χ2n) is 6.44. The van der Waals surface area contributed by atoms with Crippen LogP contribution in [0.15, 0.2) is 4.52 Å². The summed E-state index contributed by atoms with van der Waals surface area (Å²) in [6.07, 6.45) is 6.47. The SMILES string of the molecule is CCOC(c1noc(C2NCC3CCCC32)n1)C1CC1. The molecule has 1 aliphatic heterocycles. The lowest BCUT2D eigenvalue weighted by Gasteiger charge is -2.14. The first-order chi connectivity index (χ1) is 9.86. The summed E-state index contributed by atoms with van der Waals surface area (Å²) in [5.74, 6) is 3.62. The zero-order valence-corrected chi connectivity index (χ0v) is 12.0. The molecule has 4 unspecified atom stereocenters. The molecule has 1 aromatic rings. The summed E-state index contributed by atoms with van der Waals surface area (Å²) in [5.41, 5.74) is 0. The lowest BCUT2D eigenvalue weighted by atomic mass is 9.94. The first-order valence-corrected chi connectivity index (χ1v) is 8.05. The van der Waals surface area contributed by atoms with Crippen LogP contribution in [0.25, 0.3) is 0 Å². The van der Waals surface area contributed by atoms with Crippen molar-refractivity contribution in [3.8, 4) is 0 Å². The molecule has 0 bridgehead atoms. The Labute approximate surface area is 119 Å². The van der Waals surface area contributed by atoms with Crippen molar-refractivity contribution in [1.82, 2.24) is 15.5 Å². The van der Waals surface area contributed by atoms with Gasteiger partial charge < -0.3 is 14.6 Å². The molecule has 4 rings (SSSR count). The first kappa shape index (κ1) is 12.8. The molecule has 5 nitrogen and oxygen atoms in total. The number of nitrogens with one attached hydrogen (secondary N) is 1. The van der Waals surface area contributed by atoms with Crippen LogP contribution in [-0.2, 0) is 4.74 Å². The molecule has 2 saturated carbocycles. The third kappa shape index (κ3) is 2.17. The largest absolute Gasteiger partial charge is 0.370 e. The number of hydrogen-bond donors (Lipinski definition) is 1. The van der Waals surface area contributed by atoms with Crippen LogP contribution in [0, 0.1) is 17.8 Å². The van der Waals surface area contributed by atoms with E-state index in [-0.39, 0.29) is 12.1 Å². The second-order valence-corrected chi connectivity index (χ2v) is 6.44. The van der Waals surface area contributed by atoms with E-state index in [2.05, 4.69) is 15.5 Å². The molecule has 20 heavy (non-hydrogen) atoms. The van der Waals surface area contributed by atoms with Crippen LogP contribution >= 0.6 is 0 Å². The van der Waals surface area contributed by atoms with Crippen molar-refractivity contribution in [2.45, 2.75) is 51.2 Å². The average Bonchev–Trinajstić information content (AvgIpc) is 2.88. The molecule has 2 aliphatic carbocycles. The fourth-order valence-electron chi connectivity index (χ4n) is 3.95. The molecule has 1 aromatic heterocycles. The van der Waals surface area contributed by atoms with Crippen LogP contribution in [0.1, 0.15) is 62.9 Å². The van der Waals surface area contributed by atoms with E-state index in [9.17, 15) is 0 Å². The van der Waals surface area contributed by atoms with E-state index in [0.717, 1.165) is 24.2 Å². The summed E-state index contributed by atoms with van der Waals surface area (Å²) in [6, 6.07) is 0.269. The van der Waals surface area contributed by atoms with Crippen LogP contribution in [0.5, 0.6) is 0 Å². The molecular weight excluding hydrogens is 254 g/mol. The van der Waals surface area contributed by atoms with Gasteiger partial charge in [0, 0.05) is 6.61 Å². The fraction of sp³-hybridized carbons (Fsp3) is 0.867. The molecular formula is C15H23N3O2. The third-order valence-corrected chi connectivity index (χ3v) is 5.12. The molecule has 1 N–H and O–H groups in total. The van der Waals surface area contributed by atoms with Crippen molar-refractivity contribution in [1.29, 1.82) is 0 Å². The smallest absolute Gasteiger partial charge is 0.244 e. The zero-order chi connectivity index (χ0) is 13.5. The number of fused-ring (bicyclic) bond motifs is 1. The van der Waals surface area contributed by atoms with Crippen LogP contribution in [0.3, 0.4) is 0 Å². The normalized spacial score (nSPS) is 34.4. The van der Waals surface area contributed by atoms with E-state index >= 15 is 0 Å². The maximum absolute atomic E-state index is 5.81. The highest BCUT2D eigenvalue weighted by atomic mass is 16.5. The molecule has 2 heterocycles. The van der Waals surface area contributed by atoms with Crippen LogP contribution < -0.4 is 5.32 Å². The van der Waals surface area contributed by atoms with Crippen molar-refractivity contribution in [2.75, 3.05) is 13.2 Å². The number of rotatable bonds is 5. The van der Waals surface area contributed by atoms with Gasteiger partial charge in [-0.15, -0.1) is 0 Å². The van der Waals surface area contributed by atoms with E-state index in [1.54, 1.807) is 0 Å². The van der Waals surface area contributed by atoms with Gasteiger partial charge >= 0.3 is 0 Å². The Morgan fingerprint density at radius 3 is 3.05 bits per heavy atom. The number of hydrogen-bond acceptors (Lipinski definition) is 5. The molecule has 110 valence electrons. The minimum atomic E-state index is 0.0401. The summed E-state index contributed by atoms with van der Waals surface area (Å²) in [6.45, 7) is 3.83. The highest BCUT2D eigenvalue weighted by Gasteiger charge is 2.43. The summed E-state index contributed by atoms with van der Waals surface area (Å²) >= 11 is 0. The highest BCUT2D eigenvalue weighted by Crippen LogP contribution is 2.45. The Balaban J connectivity index is 1.52. The van der Waals surface area contributed by atoms with Gasteiger partial charge in [-0.3, -0.25) is 0 Å². The maximum Gasteiger partial charge on any atom is 0.244 e. The van der Waals surface area contributed by atoms with Gasteiger partial charge in [0.1, 0.15) is 6.10 Å². The lowest BCUT2D eigenvalue weighted by molar-refractivity contribution is 0.0384. The number of ether oxygens (including phenoxy) is 1. The second kappa shape index (κ2) is 5.11. The monoisotopic (exact) mass is 277 g/mol. The molecule has 3 aliphatic rings. The molecule has 4 atom stereocenters. The topological polar surface area (TPSA) is 60.2 Å². The molecule has 0 spiro atoms. The minimum absolute atomic E-state index is 0.0401. The molecule has 1 saturated heterocycles. The van der Waals surface area contributed by atoms with E-state index in [1.165, 1.54) is 32.1 Å². The van der Waals surface area contributed by atoms with Crippen LogP contribution in [0.4, 0.5) is 0 Å². The zero-order valence-electron chi connectivity index (χ0n) is 12.0. The predicted molar refractivity (Wildman–Crippen MR) is 73.0 cm³/mol. The van der Waals surface area contributed by atoms with Crippen LogP contribution in [0.2, 0.25) is 0 Å². The molecule has 3 fully saturated rings. The summed E-state index contributed by atoms with van der Waals surface area (Å²) in [5, 5.41) is 7.77. The first-order valence-electron chi connectivity index (χ1n) is 8.05. The summed E-state index contributed by atoms with van der Waals surface area (Å²) in [4.78, 5) is 4.67. The summed E-state index contributed by atoms with van der Waals surface area (Å²) < 4.78 is 11.4. The fourth-order valence-corrected chi connectivity index (χ4v) is 3.95. The Kier molecular flexibility index (Phi) is 3.27. The van der Waals surface area contributed by atoms with E-state index < -0.39 is 0 Å². The Morgan fingerprint density at radius 2 is 2.25 bits per heavy atom. The van der Waals surface area contributed by atoms with Gasteiger partial charge in [0.2, 0.25) is 11.7 Å². The van der Waals surface area contributed by atoms with Gasteiger partial charge in [-0.2, -0.15) is 4.98 Å². The van der Waals surface area contributed by atoms with Gasteiger partial charge in [-0.25, -0.2) is 0 Å². The van der Waals surface area contributed by atoms with Crippen LogP contribution in [-0.4, -0.2) is 23.3 Å². The average molecular weight is 277 g/mol. The standard InChI is InChI=1S/C15H23N3O2/c1-2-19-13(9-6-7-9)14-17-15(20-18-14)12-11-5-3-4-10(11)8-16-12/h9-13,16H,2-8H2,1H3. The van der Waals surface area contributed by atoms with Gasteiger partial charge in [0.15, 0.2) is 0 Å². The van der Waals surface area contributed by atoms with E-state index in [1.807, 2.05) is 6.92 Å². The predicted octanol–water partition coefficient (Wildman–Crippen LogP) is 2.62. The lowest BCUT2D eigenvalue weighted by Crippen LogP contribution is -2.18. The number of nitrogens with zero attached hydrogens (tertiary/aromatic N) is 2. The van der Waals surface area contributed by atoms with Crippen molar-refractivity contribution >= 4 is 0 Å². The van der Waals surface area contributed by atoms with E-state index in [0.29, 0.717) is 18.4 Å². The molecule has 0 amide bonds. The van der Waals surface area contributed by atoms with Gasteiger partial charge in [-0.1, -0.05) is 11.6 Å². The Bertz CT molecular complexity index is 471. The molecule has 0 aromatic carbocycles. The van der Waals surface area contributed by atoms with Crippen molar-refractivity contribution in [3.63, 3.8) is 0 Å². The quantitative estimate of drug-likeness (QED) is 0.896. The van der Waals surface area contributed by atoms with Gasteiger partial charge in [0.05, 0.1) is 6.04 Å². The minimum Gasteiger partial charge on any atom is -0.370 e. The van der Waals surface area contributed by atoms with Gasteiger partial charge in [-0.05, 0) is 56.9 Å². The van der Waals surface area contributed by atoms with E-state index in [4.69, 9.17) is 9.26 Å². The van der Waals surface area contributed by atoms with Crippen molar-refractivity contribution in [3.05, 3.63) is 11.7 Å². The Morgan fingerprint density at radius 1 is 1.35 bits per heavy atom. The number of aromatic nitrogens is 2.